The average Bonchev–Trinajstić information content (AvgIpc) is 2.44. The van der Waals surface area contributed by atoms with Crippen LogP contribution in [0.4, 0.5) is 0 Å². The van der Waals surface area contributed by atoms with Crippen LogP contribution in [0.5, 0.6) is 0 Å². The second-order valence-corrected chi connectivity index (χ2v) is 6.80. The van der Waals surface area contributed by atoms with Gasteiger partial charge in [-0.25, -0.2) is 4.57 Å². The Morgan fingerprint density at radius 1 is 1.05 bits per heavy atom. The summed E-state index contributed by atoms with van der Waals surface area (Å²) in [6.45, 7) is 0. The van der Waals surface area contributed by atoms with E-state index in [0.717, 1.165) is 0 Å². The van der Waals surface area contributed by atoms with Gasteiger partial charge in [0.25, 0.3) is 0 Å². The zero-order chi connectivity index (χ0) is 14.3. The van der Waals surface area contributed by atoms with Gasteiger partial charge in [0.2, 0.25) is 0 Å². The maximum Gasteiger partial charge on any atom is 0.408 e. The van der Waals surface area contributed by atoms with Crippen molar-refractivity contribution in [3.05, 3.63) is 64.7 Å². The monoisotopic (exact) mass is 326 g/mol. The van der Waals surface area contributed by atoms with Crippen molar-refractivity contribution in [2.45, 2.75) is 0 Å². The minimum atomic E-state index is -3.99. The van der Waals surface area contributed by atoms with Gasteiger partial charge in [-0.15, -0.1) is 0 Å². The van der Waals surface area contributed by atoms with E-state index in [1.165, 1.54) is 6.07 Å². The average molecular weight is 327 g/mol. The largest absolute Gasteiger partial charge is 0.419 e. The van der Waals surface area contributed by atoms with Crippen LogP contribution in [-0.4, -0.2) is 4.89 Å². The molecule has 0 bridgehead atoms. The summed E-state index contributed by atoms with van der Waals surface area (Å²) in [4.78, 5) is 10.1. The van der Waals surface area contributed by atoms with E-state index in [2.05, 4.69) is 0 Å². The van der Waals surface area contributed by atoms with E-state index in [4.69, 9.17) is 27.7 Å². The molecule has 3 nitrogen and oxygen atoms in total. The highest BCUT2D eigenvalue weighted by Gasteiger charge is 2.36. The van der Waals surface area contributed by atoms with Gasteiger partial charge < -0.3 is 9.42 Å². The van der Waals surface area contributed by atoms with Crippen LogP contribution in [0.1, 0.15) is 11.1 Å². The third kappa shape index (κ3) is 2.27. The fraction of sp³-hybridized carbons (Fsp3) is 0. The van der Waals surface area contributed by atoms with Gasteiger partial charge in [0, 0.05) is 16.1 Å². The lowest BCUT2D eigenvalue weighted by atomic mass is 10.1. The molecule has 1 aliphatic rings. The molecular formula is C14H9Cl2O3P. The Morgan fingerprint density at radius 3 is 2.45 bits per heavy atom. The minimum Gasteiger partial charge on any atom is -0.419 e. The van der Waals surface area contributed by atoms with Crippen molar-refractivity contribution in [3.8, 4) is 0 Å². The predicted octanol–water partition coefficient (Wildman–Crippen LogP) is 4.25. The van der Waals surface area contributed by atoms with E-state index in [0.29, 0.717) is 21.2 Å². The van der Waals surface area contributed by atoms with Crippen molar-refractivity contribution in [2.24, 2.45) is 0 Å². The van der Waals surface area contributed by atoms with Crippen LogP contribution in [0.2, 0.25) is 5.02 Å². The number of hydrogen-bond donors (Lipinski definition) is 1. The first-order valence-corrected chi connectivity index (χ1v) is 8.10. The third-order valence-electron chi connectivity index (χ3n) is 2.95. The zero-order valence-corrected chi connectivity index (χ0v) is 12.5. The molecule has 0 aliphatic carbocycles. The Labute approximate surface area is 126 Å². The summed E-state index contributed by atoms with van der Waals surface area (Å²) < 4.78 is 17.6. The molecule has 3 rings (SSSR count). The molecule has 2 aromatic rings. The highest BCUT2D eigenvalue weighted by molar-refractivity contribution is 7.62. The fourth-order valence-electron chi connectivity index (χ4n) is 2.03. The smallest absolute Gasteiger partial charge is 0.408 e. The number of hydrogen-bond acceptors (Lipinski definition) is 2. The number of benzene rings is 2. The quantitative estimate of drug-likeness (QED) is 0.797. The van der Waals surface area contributed by atoms with Crippen LogP contribution in [0, 0.1) is 0 Å². The topological polar surface area (TPSA) is 46.5 Å². The van der Waals surface area contributed by atoms with Gasteiger partial charge in [-0.1, -0.05) is 59.6 Å². The van der Waals surface area contributed by atoms with Crippen LogP contribution in [0.15, 0.2) is 48.5 Å². The summed E-state index contributed by atoms with van der Waals surface area (Å²) in [6, 6.07) is 13.6. The van der Waals surface area contributed by atoms with Crippen molar-refractivity contribution in [1.82, 2.24) is 0 Å². The maximum atomic E-state index is 12.3. The number of rotatable bonds is 1. The van der Waals surface area contributed by atoms with Crippen molar-refractivity contribution in [2.75, 3.05) is 0 Å². The lowest BCUT2D eigenvalue weighted by Crippen LogP contribution is -2.16. The van der Waals surface area contributed by atoms with Crippen LogP contribution < -0.4 is 5.30 Å². The van der Waals surface area contributed by atoms with E-state index in [-0.39, 0.29) is 11.1 Å². The van der Waals surface area contributed by atoms with Crippen molar-refractivity contribution < 1.29 is 14.0 Å². The lowest BCUT2D eigenvalue weighted by molar-refractivity contribution is 0.375. The predicted molar refractivity (Wildman–Crippen MR) is 81.1 cm³/mol. The molecule has 0 spiro atoms. The van der Waals surface area contributed by atoms with Gasteiger partial charge >= 0.3 is 7.60 Å². The van der Waals surface area contributed by atoms with E-state index in [1.807, 2.05) is 6.07 Å². The molecule has 0 aromatic heterocycles. The molecule has 6 heteroatoms. The van der Waals surface area contributed by atoms with E-state index >= 15 is 0 Å². The first-order chi connectivity index (χ1) is 9.49. The van der Waals surface area contributed by atoms with Gasteiger partial charge in [-0.3, -0.25) is 0 Å². The number of fused-ring (bicyclic) bond motifs is 1. The standard InChI is InChI=1S/C14H9Cl2O3P/c15-10-6-7-11-12(8-10)20(17,18)19-14(13(11)16)9-4-2-1-3-5-9/h1-8H,(H,17,18). The molecule has 2 aromatic carbocycles. The van der Waals surface area contributed by atoms with Crippen LogP contribution in [-0.2, 0) is 9.09 Å². The number of halogens is 2. The second kappa shape index (κ2) is 4.94. The first kappa shape index (κ1) is 13.7. The van der Waals surface area contributed by atoms with Gasteiger partial charge in [-0.05, 0) is 12.1 Å². The summed E-state index contributed by atoms with van der Waals surface area (Å²) in [6.07, 6.45) is 0. The summed E-state index contributed by atoms with van der Waals surface area (Å²) in [5.41, 5.74) is 1.11. The Balaban J connectivity index is 2.26. The molecule has 0 saturated carbocycles. The molecule has 20 heavy (non-hydrogen) atoms. The van der Waals surface area contributed by atoms with E-state index in [9.17, 15) is 9.46 Å². The van der Waals surface area contributed by atoms with Gasteiger partial charge in [-0.2, -0.15) is 0 Å². The Morgan fingerprint density at radius 2 is 1.75 bits per heavy atom. The molecule has 1 unspecified atom stereocenters. The molecule has 1 N–H and O–H groups in total. The summed E-state index contributed by atoms with van der Waals surface area (Å²) in [5.74, 6) is 0.202. The molecule has 0 saturated heterocycles. The van der Waals surface area contributed by atoms with E-state index in [1.54, 1.807) is 36.4 Å². The summed E-state index contributed by atoms with van der Waals surface area (Å²) in [5, 5.41) is 0.771. The molecule has 1 aliphatic heterocycles. The van der Waals surface area contributed by atoms with Crippen LogP contribution in [0.25, 0.3) is 10.8 Å². The third-order valence-corrected chi connectivity index (χ3v) is 4.97. The molecule has 0 fully saturated rings. The highest BCUT2D eigenvalue weighted by atomic mass is 35.5. The Hall–Kier alpha value is -1.25. The van der Waals surface area contributed by atoms with Gasteiger partial charge in [0.05, 0.1) is 10.3 Å². The van der Waals surface area contributed by atoms with Crippen LogP contribution in [0.3, 0.4) is 0 Å². The van der Waals surface area contributed by atoms with Crippen molar-refractivity contribution in [1.29, 1.82) is 0 Å². The minimum absolute atomic E-state index is 0.120. The molecule has 0 radical (unpaired) electrons. The fourth-order valence-corrected chi connectivity index (χ4v) is 4.04. The molecular weight excluding hydrogens is 318 g/mol. The van der Waals surface area contributed by atoms with Crippen molar-refractivity contribution >= 4 is 46.9 Å². The Bertz CT molecular complexity index is 756. The van der Waals surface area contributed by atoms with E-state index < -0.39 is 7.60 Å². The highest BCUT2D eigenvalue weighted by Crippen LogP contribution is 2.53. The second-order valence-electron chi connectivity index (χ2n) is 4.28. The Kier molecular flexibility index (Phi) is 3.39. The molecule has 0 amide bonds. The first-order valence-electron chi connectivity index (χ1n) is 5.77. The molecule has 102 valence electrons. The van der Waals surface area contributed by atoms with Crippen molar-refractivity contribution in [3.63, 3.8) is 0 Å². The lowest BCUT2D eigenvalue weighted by Gasteiger charge is -2.25. The van der Waals surface area contributed by atoms with Crippen LogP contribution >= 0.6 is 30.8 Å². The summed E-state index contributed by atoms with van der Waals surface area (Å²) in [7, 11) is -3.99. The zero-order valence-electron chi connectivity index (χ0n) is 10.1. The van der Waals surface area contributed by atoms with Gasteiger partial charge in [0.15, 0.2) is 5.76 Å². The molecule has 1 atom stereocenters. The van der Waals surface area contributed by atoms with Gasteiger partial charge in [0.1, 0.15) is 0 Å². The maximum absolute atomic E-state index is 12.3. The molecule has 1 heterocycles. The SMILES string of the molecule is O=P1(O)OC(c2ccccc2)=C(Cl)c2ccc(Cl)cc21. The summed E-state index contributed by atoms with van der Waals surface area (Å²) >= 11 is 12.2. The normalized spacial score (nSPS) is 21.4.